The van der Waals surface area contributed by atoms with E-state index in [2.05, 4.69) is 11.7 Å². The van der Waals surface area contributed by atoms with E-state index < -0.39 is 11.9 Å². The molecule has 0 rings (SSSR count). The van der Waals surface area contributed by atoms with Crippen molar-refractivity contribution < 1.29 is 18.3 Å². The Kier molecular flexibility index (Phi) is 8.72. The molecular weight excluding hydrogens is 341 g/mol. The van der Waals surface area contributed by atoms with Crippen LogP contribution in [-0.4, -0.2) is 19.0 Å². The van der Waals surface area contributed by atoms with Gasteiger partial charge in [0.05, 0.1) is 7.11 Å². The van der Waals surface area contributed by atoms with E-state index in [0.717, 1.165) is 32.8 Å². The molecule has 0 aliphatic heterocycles. The van der Waals surface area contributed by atoms with Crippen LogP contribution in [0.25, 0.3) is 0 Å². The molecule has 0 bridgehead atoms. The fourth-order valence-corrected chi connectivity index (χ4v) is 2.13. The van der Waals surface area contributed by atoms with E-state index in [4.69, 9.17) is 0 Å². The fraction of sp³-hybridized carbons (Fsp3) is 0.750. The summed E-state index contributed by atoms with van der Waals surface area (Å²) in [6, 6.07) is 0. The van der Waals surface area contributed by atoms with E-state index in [1.54, 1.807) is 0 Å². The van der Waals surface area contributed by atoms with Gasteiger partial charge in [-0.05, 0) is 39.0 Å². The van der Waals surface area contributed by atoms with Crippen molar-refractivity contribution in [2.45, 2.75) is 51.4 Å². The van der Waals surface area contributed by atoms with Gasteiger partial charge in [-0.3, -0.25) is 0 Å². The minimum atomic E-state index is -3.51. The summed E-state index contributed by atoms with van der Waals surface area (Å²) in [5.41, 5.74) is 0. The van der Waals surface area contributed by atoms with Crippen LogP contribution in [0.3, 0.4) is 0 Å². The molecule has 17 heavy (non-hydrogen) atoms. The first-order chi connectivity index (χ1) is 7.94. The Labute approximate surface area is 115 Å². The van der Waals surface area contributed by atoms with Crippen LogP contribution in [-0.2, 0) is 9.53 Å². The van der Waals surface area contributed by atoms with Crippen LogP contribution in [0.4, 0.5) is 8.78 Å². The zero-order chi connectivity index (χ0) is 13.3. The molecule has 2 nitrogen and oxygen atoms in total. The highest BCUT2D eigenvalue weighted by Gasteiger charge is 2.37. The third-order valence-electron chi connectivity index (χ3n) is 2.31. The number of unbranched alkanes of at least 4 members (excludes halogenated alkanes) is 4. The van der Waals surface area contributed by atoms with Gasteiger partial charge in [0, 0.05) is 6.08 Å². The molecule has 0 aliphatic rings. The third-order valence-corrected chi connectivity index (χ3v) is 3.17. The van der Waals surface area contributed by atoms with Gasteiger partial charge in [-0.1, -0.05) is 32.6 Å². The van der Waals surface area contributed by atoms with Crippen LogP contribution in [0.1, 0.15) is 45.4 Å². The average Bonchev–Trinajstić information content (AvgIpc) is 2.27. The number of allylic oxidation sites excluding steroid dienone is 1. The highest BCUT2D eigenvalue weighted by atomic mass is 127. The number of esters is 1. The molecule has 0 saturated heterocycles. The molecule has 0 aromatic rings. The maximum Gasteiger partial charge on any atom is 0.381 e. The number of ether oxygens (including phenoxy) is 1. The molecule has 0 aromatic heterocycles. The van der Waals surface area contributed by atoms with Crippen LogP contribution in [0, 0.1) is 0 Å². The predicted octanol–water partition coefficient (Wildman–Crippen LogP) is 4.47. The maximum atomic E-state index is 13.1. The Morgan fingerprint density at radius 3 is 2.41 bits per heavy atom. The van der Waals surface area contributed by atoms with Gasteiger partial charge >= 0.3 is 11.9 Å². The lowest BCUT2D eigenvalue weighted by Gasteiger charge is -2.09. The van der Waals surface area contributed by atoms with E-state index in [0.29, 0.717) is 16.1 Å². The smallest absolute Gasteiger partial charge is 0.381 e. The van der Waals surface area contributed by atoms with Crippen molar-refractivity contribution >= 4 is 28.6 Å². The van der Waals surface area contributed by atoms with Crippen LogP contribution >= 0.6 is 22.6 Å². The van der Waals surface area contributed by atoms with Crippen LogP contribution in [0.5, 0.6) is 0 Å². The minimum Gasteiger partial charge on any atom is -0.464 e. The molecule has 0 fully saturated rings. The first-order valence-corrected chi connectivity index (χ1v) is 6.85. The van der Waals surface area contributed by atoms with E-state index in [1.165, 1.54) is 6.42 Å². The second kappa shape index (κ2) is 8.83. The lowest BCUT2D eigenvalue weighted by Crippen LogP contribution is -2.27. The fourth-order valence-electron chi connectivity index (χ4n) is 1.36. The summed E-state index contributed by atoms with van der Waals surface area (Å²) in [5, 5.41) is 0. The summed E-state index contributed by atoms with van der Waals surface area (Å²) >= 11 is 1.85. The highest BCUT2D eigenvalue weighted by Crippen LogP contribution is 2.25. The first-order valence-electron chi connectivity index (χ1n) is 5.77. The van der Waals surface area contributed by atoms with Crippen LogP contribution in [0.15, 0.2) is 9.66 Å². The standard InChI is InChI=1S/C12H19F2IO2/c1-3-4-5-6-7-8-10(15)9-12(13,14)11(16)17-2/h9H,3-8H2,1-2H3. The van der Waals surface area contributed by atoms with Gasteiger partial charge < -0.3 is 4.74 Å². The van der Waals surface area contributed by atoms with Gasteiger partial charge in [0.1, 0.15) is 0 Å². The monoisotopic (exact) mass is 360 g/mol. The number of carbonyl (C=O) groups excluding carboxylic acids is 1. The number of alkyl halides is 2. The molecule has 0 N–H and O–H groups in total. The van der Waals surface area contributed by atoms with Crippen molar-refractivity contribution in [3.05, 3.63) is 9.66 Å². The Bertz CT molecular complexity index is 265. The van der Waals surface area contributed by atoms with Crippen molar-refractivity contribution in [2.75, 3.05) is 7.11 Å². The van der Waals surface area contributed by atoms with E-state index in [1.807, 2.05) is 22.6 Å². The molecule has 0 radical (unpaired) electrons. The summed E-state index contributed by atoms with van der Waals surface area (Å²) in [5.74, 6) is -5.01. The van der Waals surface area contributed by atoms with E-state index in [9.17, 15) is 13.6 Å². The lowest BCUT2D eigenvalue weighted by atomic mass is 10.1. The SMILES string of the molecule is CCCCCCCC(I)=CC(F)(F)C(=O)OC. The molecule has 0 atom stereocenters. The van der Waals surface area contributed by atoms with Crippen molar-refractivity contribution in [1.82, 2.24) is 0 Å². The molecule has 0 aliphatic carbocycles. The van der Waals surface area contributed by atoms with Gasteiger partial charge in [-0.15, -0.1) is 0 Å². The minimum absolute atomic E-state index is 0.509. The number of hydrogen-bond acceptors (Lipinski definition) is 2. The molecular formula is C12H19F2IO2. The normalized spacial score (nSPS) is 12.6. The molecule has 0 spiro atoms. The molecule has 0 aromatic carbocycles. The zero-order valence-electron chi connectivity index (χ0n) is 10.3. The number of halogens is 3. The zero-order valence-corrected chi connectivity index (χ0v) is 12.4. The number of carbonyl (C=O) groups is 1. The average molecular weight is 360 g/mol. The first kappa shape index (κ1) is 16.8. The summed E-state index contributed by atoms with van der Waals surface area (Å²) in [6.45, 7) is 2.13. The number of methoxy groups -OCH3 is 1. The van der Waals surface area contributed by atoms with Crippen molar-refractivity contribution in [3.8, 4) is 0 Å². The molecule has 0 amide bonds. The number of rotatable bonds is 8. The largest absolute Gasteiger partial charge is 0.464 e. The Morgan fingerprint density at radius 2 is 1.88 bits per heavy atom. The van der Waals surface area contributed by atoms with Crippen LogP contribution in [0.2, 0.25) is 0 Å². The second-order valence-electron chi connectivity index (χ2n) is 3.87. The summed E-state index contributed by atoms with van der Waals surface area (Å²) in [4.78, 5) is 10.8. The summed E-state index contributed by atoms with van der Waals surface area (Å²) in [7, 11) is 0.960. The maximum absolute atomic E-state index is 13.1. The molecule has 0 unspecified atom stereocenters. The van der Waals surface area contributed by atoms with E-state index >= 15 is 0 Å². The van der Waals surface area contributed by atoms with Gasteiger partial charge in [0.15, 0.2) is 0 Å². The Hall–Kier alpha value is -0.200. The lowest BCUT2D eigenvalue weighted by molar-refractivity contribution is -0.161. The van der Waals surface area contributed by atoms with E-state index in [-0.39, 0.29) is 0 Å². The predicted molar refractivity (Wildman–Crippen MR) is 72.4 cm³/mol. The van der Waals surface area contributed by atoms with Gasteiger partial charge in [-0.2, -0.15) is 8.78 Å². The summed E-state index contributed by atoms with van der Waals surface area (Å²) in [6.07, 6.45) is 6.68. The third kappa shape index (κ3) is 7.68. The summed E-state index contributed by atoms with van der Waals surface area (Å²) < 4.78 is 30.8. The molecule has 100 valence electrons. The number of hydrogen-bond donors (Lipinski definition) is 0. The van der Waals surface area contributed by atoms with Gasteiger partial charge in [0.25, 0.3) is 0 Å². The molecule has 0 heterocycles. The van der Waals surface area contributed by atoms with Gasteiger partial charge in [-0.25, -0.2) is 4.79 Å². The van der Waals surface area contributed by atoms with Crippen molar-refractivity contribution in [3.63, 3.8) is 0 Å². The van der Waals surface area contributed by atoms with Crippen LogP contribution < -0.4 is 0 Å². The highest BCUT2D eigenvalue weighted by molar-refractivity contribution is 14.1. The van der Waals surface area contributed by atoms with Crippen molar-refractivity contribution in [1.29, 1.82) is 0 Å². The quantitative estimate of drug-likeness (QED) is 0.363. The second-order valence-corrected chi connectivity index (χ2v) is 5.26. The Morgan fingerprint density at radius 1 is 1.29 bits per heavy atom. The van der Waals surface area contributed by atoms with Gasteiger partial charge in [0.2, 0.25) is 0 Å². The van der Waals surface area contributed by atoms with Crippen molar-refractivity contribution in [2.24, 2.45) is 0 Å². The molecule has 0 saturated carbocycles. The Balaban J connectivity index is 4.03. The molecule has 5 heteroatoms. The topological polar surface area (TPSA) is 26.3 Å².